The lowest BCUT2D eigenvalue weighted by molar-refractivity contribution is 0.206. The molecule has 0 aliphatic rings. The summed E-state index contributed by atoms with van der Waals surface area (Å²) in [4.78, 5) is 30.9. The number of urea groups is 1. The van der Waals surface area contributed by atoms with Crippen LogP contribution in [0.5, 0.6) is 11.5 Å². The van der Waals surface area contributed by atoms with E-state index in [0.717, 1.165) is 28.6 Å². The lowest BCUT2D eigenvalue weighted by Crippen LogP contribution is -2.35. The molecule has 1 aromatic heterocycles. The summed E-state index contributed by atoms with van der Waals surface area (Å²) in [5, 5.41) is 3.86. The Hall–Kier alpha value is -4.26. The molecule has 1 heterocycles. The molecule has 0 saturated carbocycles. The summed E-state index contributed by atoms with van der Waals surface area (Å²) in [6.07, 6.45) is 0.898. The van der Waals surface area contributed by atoms with Gasteiger partial charge in [0.15, 0.2) is 0 Å². The summed E-state index contributed by atoms with van der Waals surface area (Å²) in [7, 11) is 3.16. The minimum absolute atomic E-state index is 0.134. The van der Waals surface area contributed by atoms with Crippen molar-refractivity contribution >= 4 is 22.6 Å². The predicted molar refractivity (Wildman–Crippen MR) is 138 cm³/mol. The van der Waals surface area contributed by atoms with Crippen molar-refractivity contribution < 1.29 is 14.3 Å². The van der Waals surface area contributed by atoms with Gasteiger partial charge in [0.1, 0.15) is 11.5 Å². The van der Waals surface area contributed by atoms with E-state index in [1.54, 1.807) is 31.3 Å². The van der Waals surface area contributed by atoms with Crippen LogP contribution in [-0.2, 0) is 19.5 Å². The van der Waals surface area contributed by atoms with Crippen molar-refractivity contribution in [2.75, 3.05) is 19.5 Å². The zero-order valence-corrected chi connectivity index (χ0v) is 20.1. The molecule has 35 heavy (non-hydrogen) atoms. The summed E-state index contributed by atoms with van der Waals surface area (Å²) < 4.78 is 10.6. The number of carbonyl (C=O) groups excluding carboxylic acids is 1. The Balaban J connectivity index is 1.67. The van der Waals surface area contributed by atoms with Gasteiger partial charge in [-0.2, -0.15) is 0 Å². The molecule has 0 radical (unpaired) electrons. The number of H-pyrrole nitrogens is 1. The highest BCUT2D eigenvalue weighted by atomic mass is 16.5. The number of carbonyl (C=O) groups is 1. The Morgan fingerprint density at radius 2 is 1.66 bits per heavy atom. The molecule has 0 aliphatic heterocycles. The Morgan fingerprint density at radius 1 is 0.914 bits per heavy atom. The number of aryl methyl sites for hydroxylation is 1. The second-order valence-corrected chi connectivity index (χ2v) is 8.23. The van der Waals surface area contributed by atoms with Gasteiger partial charge in [-0.05, 0) is 65.4 Å². The lowest BCUT2D eigenvalue weighted by atomic mass is 10.1. The number of hydrogen-bond acceptors (Lipinski definition) is 4. The fourth-order valence-corrected chi connectivity index (χ4v) is 3.94. The molecule has 0 bridgehead atoms. The normalized spacial score (nSPS) is 10.7. The van der Waals surface area contributed by atoms with Gasteiger partial charge in [-0.15, -0.1) is 0 Å². The Bertz CT molecular complexity index is 1380. The van der Waals surface area contributed by atoms with E-state index in [-0.39, 0.29) is 18.1 Å². The maximum Gasteiger partial charge on any atom is 0.322 e. The van der Waals surface area contributed by atoms with E-state index in [1.807, 2.05) is 54.6 Å². The molecule has 4 aromatic rings. The van der Waals surface area contributed by atoms with Crippen molar-refractivity contribution in [2.45, 2.75) is 26.4 Å². The maximum atomic E-state index is 13.4. The minimum Gasteiger partial charge on any atom is -0.497 e. The standard InChI is InChI=1S/C28H29N3O4/c1-4-19-11-14-24-21(15-19)16-22(27(32)29-24)18-31(17-20-9-12-23(34-2)13-10-20)28(33)30-25-7-5-6-8-26(25)35-3/h5-16H,4,17-18H2,1-3H3,(H,29,32)(H,30,33). The van der Waals surface area contributed by atoms with Crippen LogP contribution in [0.4, 0.5) is 10.5 Å². The number of pyridine rings is 1. The van der Waals surface area contributed by atoms with Gasteiger partial charge in [0.05, 0.1) is 26.5 Å². The van der Waals surface area contributed by atoms with E-state index >= 15 is 0 Å². The molecule has 2 N–H and O–H groups in total. The third-order valence-electron chi connectivity index (χ3n) is 5.92. The van der Waals surface area contributed by atoms with Crippen LogP contribution in [0.15, 0.2) is 77.6 Å². The van der Waals surface area contributed by atoms with Gasteiger partial charge in [0, 0.05) is 17.6 Å². The van der Waals surface area contributed by atoms with E-state index in [2.05, 4.69) is 23.3 Å². The van der Waals surface area contributed by atoms with E-state index in [0.29, 0.717) is 23.5 Å². The average Bonchev–Trinajstić information content (AvgIpc) is 2.89. The number of para-hydroxylation sites is 2. The maximum absolute atomic E-state index is 13.4. The van der Waals surface area contributed by atoms with E-state index in [9.17, 15) is 9.59 Å². The molecular formula is C28H29N3O4. The van der Waals surface area contributed by atoms with Gasteiger partial charge < -0.3 is 24.7 Å². The lowest BCUT2D eigenvalue weighted by Gasteiger charge is -2.24. The van der Waals surface area contributed by atoms with Crippen molar-refractivity contribution in [1.29, 1.82) is 0 Å². The smallest absolute Gasteiger partial charge is 0.322 e. The highest BCUT2D eigenvalue weighted by Gasteiger charge is 2.18. The molecule has 0 fully saturated rings. The van der Waals surface area contributed by atoms with Gasteiger partial charge in [0.2, 0.25) is 0 Å². The number of hydrogen-bond donors (Lipinski definition) is 2. The average molecular weight is 472 g/mol. The minimum atomic E-state index is -0.341. The van der Waals surface area contributed by atoms with Crippen LogP contribution in [0.1, 0.15) is 23.6 Å². The van der Waals surface area contributed by atoms with E-state index < -0.39 is 0 Å². The first-order valence-corrected chi connectivity index (χ1v) is 11.5. The fourth-order valence-electron chi connectivity index (χ4n) is 3.94. The summed E-state index contributed by atoms with van der Waals surface area (Å²) in [5.41, 5.74) is 3.71. The fraction of sp³-hybridized carbons (Fsp3) is 0.214. The monoisotopic (exact) mass is 471 g/mol. The van der Waals surface area contributed by atoms with Crippen LogP contribution >= 0.6 is 0 Å². The number of aromatic amines is 1. The first kappa shape index (κ1) is 23.9. The zero-order valence-electron chi connectivity index (χ0n) is 20.1. The van der Waals surface area contributed by atoms with Gasteiger partial charge in [0.25, 0.3) is 5.56 Å². The van der Waals surface area contributed by atoms with Gasteiger partial charge in [-0.3, -0.25) is 4.79 Å². The van der Waals surface area contributed by atoms with Gasteiger partial charge >= 0.3 is 6.03 Å². The zero-order chi connectivity index (χ0) is 24.8. The summed E-state index contributed by atoms with van der Waals surface area (Å²) >= 11 is 0. The third-order valence-corrected chi connectivity index (χ3v) is 5.92. The molecule has 0 aliphatic carbocycles. The van der Waals surface area contributed by atoms with Crippen LogP contribution in [0.2, 0.25) is 0 Å². The van der Waals surface area contributed by atoms with Crippen molar-refractivity contribution in [3.05, 3.63) is 99.8 Å². The van der Waals surface area contributed by atoms with E-state index in [4.69, 9.17) is 9.47 Å². The summed E-state index contributed by atoms with van der Waals surface area (Å²) in [6, 6.07) is 22.2. The number of benzene rings is 3. The Morgan fingerprint density at radius 3 is 2.37 bits per heavy atom. The number of anilines is 1. The SMILES string of the molecule is CCc1ccc2[nH]c(=O)c(CN(Cc3ccc(OC)cc3)C(=O)Nc3ccccc3OC)cc2c1. The molecular weight excluding hydrogens is 442 g/mol. The van der Waals surface area contributed by atoms with Crippen LogP contribution in [0, 0.1) is 0 Å². The molecule has 7 nitrogen and oxygen atoms in total. The molecule has 7 heteroatoms. The second kappa shape index (κ2) is 10.8. The second-order valence-electron chi connectivity index (χ2n) is 8.23. The first-order valence-electron chi connectivity index (χ1n) is 11.5. The molecule has 0 spiro atoms. The molecule has 4 rings (SSSR count). The number of amides is 2. The van der Waals surface area contributed by atoms with E-state index in [1.165, 1.54) is 5.56 Å². The number of nitrogens with zero attached hydrogens (tertiary/aromatic N) is 1. The largest absolute Gasteiger partial charge is 0.497 e. The van der Waals surface area contributed by atoms with Crippen molar-refractivity contribution in [3.8, 4) is 11.5 Å². The topological polar surface area (TPSA) is 83.7 Å². The highest BCUT2D eigenvalue weighted by Crippen LogP contribution is 2.24. The Labute approximate surface area is 204 Å². The highest BCUT2D eigenvalue weighted by molar-refractivity contribution is 5.91. The number of methoxy groups -OCH3 is 2. The summed E-state index contributed by atoms with van der Waals surface area (Å²) in [5.74, 6) is 1.29. The van der Waals surface area contributed by atoms with Gasteiger partial charge in [-0.1, -0.05) is 37.3 Å². The van der Waals surface area contributed by atoms with Crippen molar-refractivity contribution in [2.24, 2.45) is 0 Å². The number of ether oxygens (including phenoxy) is 2. The first-order chi connectivity index (χ1) is 17.0. The molecule has 0 unspecified atom stereocenters. The molecule has 180 valence electrons. The summed E-state index contributed by atoms with van der Waals surface area (Å²) in [6.45, 7) is 2.53. The molecule has 0 atom stereocenters. The van der Waals surface area contributed by atoms with Crippen LogP contribution in [0.3, 0.4) is 0 Å². The van der Waals surface area contributed by atoms with Crippen LogP contribution in [-0.4, -0.2) is 30.1 Å². The third kappa shape index (κ3) is 5.63. The molecule has 0 saturated heterocycles. The number of aromatic nitrogens is 1. The predicted octanol–water partition coefficient (Wildman–Crippen LogP) is 5.34. The molecule has 2 amide bonds. The number of rotatable bonds is 8. The van der Waals surface area contributed by atoms with Crippen LogP contribution < -0.4 is 20.3 Å². The Kier molecular flexibility index (Phi) is 7.35. The van der Waals surface area contributed by atoms with Crippen molar-refractivity contribution in [1.82, 2.24) is 9.88 Å². The molecule has 3 aromatic carbocycles. The number of nitrogens with one attached hydrogen (secondary N) is 2. The van der Waals surface area contributed by atoms with Gasteiger partial charge in [-0.25, -0.2) is 4.79 Å². The quantitative estimate of drug-likeness (QED) is 0.363. The van der Waals surface area contributed by atoms with Crippen molar-refractivity contribution in [3.63, 3.8) is 0 Å². The number of fused-ring (bicyclic) bond motifs is 1. The van der Waals surface area contributed by atoms with Crippen LogP contribution in [0.25, 0.3) is 10.9 Å².